The van der Waals surface area contributed by atoms with Gasteiger partial charge >= 0.3 is 11.7 Å². The van der Waals surface area contributed by atoms with E-state index in [0.29, 0.717) is 0 Å². The molecule has 1 aromatic rings. The van der Waals surface area contributed by atoms with Crippen LogP contribution in [-0.4, -0.2) is 16.2 Å². The van der Waals surface area contributed by atoms with Crippen molar-refractivity contribution in [2.75, 3.05) is 5.32 Å². The number of rotatable bonds is 1. The van der Waals surface area contributed by atoms with Crippen molar-refractivity contribution in [1.29, 1.82) is 0 Å². The van der Waals surface area contributed by atoms with Crippen LogP contribution in [0.1, 0.15) is 17.4 Å². The normalized spacial score (nSPS) is 19.1. The molecule has 1 aliphatic rings. The first kappa shape index (κ1) is 9.69. The first-order valence-electron chi connectivity index (χ1n) is 4.15. The summed E-state index contributed by atoms with van der Waals surface area (Å²) in [4.78, 5) is 21.9. The van der Waals surface area contributed by atoms with Crippen molar-refractivity contribution < 1.29 is 19.4 Å². The van der Waals surface area contributed by atoms with Gasteiger partial charge in [0, 0.05) is 6.07 Å². The van der Waals surface area contributed by atoms with Crippen LogP contribution in [0.2, 0.25) is 0 Å². The SMILES string of the molecule is O=C1Nc2oc(=O)cc(CO)c2[C@H](O)N1. The minimum Gasteiger partial charge on any atom is -0.406 e. The number of carbonyl (C=O) groups is 1. The van der Waals surface area contributed by atoms with Crippen molar-refractivity contribution in [2.45, 2.75) is 12.8 Å². The number of aliphatic hydroxyl groups is 2. The number of hydrogen-bond acceptors (Lipinski definition) is 5. The highest BCUT2D eigenvalue weighted by Crippen LogP contribution is 2.27. The van der Waals surface area contributed by atoms with Gasteiger partial charge in [0.1, 0.15) is 0 Å². The number of hydrogen-bond donors (Lipinski definition) is 4. The molecule has 0 aromatic carbocycles. The Balaban J connectivity index is 2.63. The fourth-order valence-electron chi connectivity index (χ4n) is 1.41. The first-order valence-corrected chi connectivity index (χ1v) is 4.15. The van der Waals surface area contributed by atoms with Gasteiger partial charge in [0.15, 0.2) is 6.23 Å². The van der Waals surface area contributed by atoms with Crippen molar-refractivity contribution in [3.63, 3.8) is 0 Å². The van der Waals surface area contributed by atoms with E-state index in [9.17, 15) is 14.7 Å². The van der Waals surface area contributed by atoms with Crippen molar-refractivity contribution in [3.05, 3.63) is 27.6 Å². The highest BCUT2D eigenvalue weighted by molar-refractivity contribution is 5.91. The Morgan fingerprint density at radius 1 is 1.47 bits per heavy atom. The number of carbonyl (C=O) groups excluding carboxylic acids is 1. The Morgan fingerprint density at radius 2 is 2.20 bits per heavy atom. The third-order valence-electron chi connectivity index (χ3n) is 2.02. The minimum atomic E-state index is -1.29. The standard InChI is InChI=1S/C8H8N2O5/c11-2-3-1-4(12)15-7-5(3)6(13)9-8(14)10-7/h1,6,11,13H,2H2,(H2,9,10,14)/t6-/m0/s1. The lowest BCUT2D eigenvalue weighted by Crippen LogP contribution is -2.38. The second-order valence-corrected chi connectivity index (χ2v) is 2.99. The predicted octanol–water partition coefficient (Wildman–Crippen LogP) is -0.742. The largest absolute Gasteiger partial charge is 0.406 e. The third kappa shape index (κ3) is 1.58. The summed E-state index contributed by atoms with van der Waals surface area (Å²) in [5.41, 5.74) is -0.329. The monoisotopic (exact) mass is 212 g/mol. The van der Waals surface area contributed by atoms with E-state index in [1.165, 1.54) is 0 Å². The van der Waals surface area contributed by atoms with Gasteiger partial charge in [0.2, 0.25) is 5.88 Å². The number of anilines is 1. The number of amides is 2. The average Bonchev–Trinajstić information content (AvgIpc) is 2.14. The molecular formula is C8H8N2O5. The molecule has 4 N–H and O–H groups in total. The van der Waals surface area contributed by atoms with Crippen molar-refractivity contribution in [3.8, 4) is 0 Å². The van der Waals surface area contributed by atoms with Gasteiger partial charge in [-0.1, -0.05) is 0 Å². The van der Waals surface area contributed by atoms with Crippen molar-refractivity contribution in [2.24, 2.45) is 0 Å². The van der Waals surface area contributed by atoms with E-state index < -0.39 is 24.5 Å². The van der Waals surface area contributed by atoms with Crippen LogP contribution < -0.4 is 16.3 Å². The number of fused-ring (bicyclic) bond motifs is 1. The summed E-state index contributed by atoms with van der Waals surface area (Å²) in [7, 11) is 0. The molecule has 1 atom stereocenters. The first-order chi connectivity index (χ1) is 7.11. The average molecular weight is 212 g/mol. The Morgan fingerprint density at radius 3 is 2.87 bits per heavy atom. The Bertz CT molecular complexity index is 467. The van der Waals surface area contributed by atoms with Crippen molar-refractivity contribution in [1.82, 2.24) is 5.32 Å². The fourth-order valence-corrected chi connectivity index (χ4v) is 1.41. The molecule has 2 amide bonds. The van der Waals surface area contributed by atoms with E-state index in [4.69, 9.17) is 5.11 Å². The van der Waals surface area contributed by atoms with E-state index in [-0.39, 0.29) is 17.0 Å². The number of urea groups is 1. The molecule has 1 aromatic heterocycles. The molecule has 0 saturated heterocycles. The maximum Gasteiger partial charge on any atom is 0.337 e. The van der Waals surface area contributed by atoms with Crippen LogP contribution >= 0.6 is 0 Å². The topological polar surface area (TPSA) is 112 Å². The molecule has 80 valence electrons. The quantitative estimate of drug-likeness (QED) is 0.489. The third-order valence-corrected chi connectivity index (χ3v) is 2.02. The summed E-state index contributed by atoms with van der Waals surface area (Å²) < 4.78 is 4.68. The lowest BCUT2D eigenvalue weighted by molar-refractivity contribution is 0.137. The van der Waals surface area contributed by atoms with Gasteiger partial charge < -0.3 is 19.9 Å². The molecule has 0 unspecified atom stereocenters. The van der Waals surface area contributed by atoms with E-state index in [2.05, 4.69) is 15.1 Å². The van der Waals surface area contributed by atoms with Crippen molar-refractivity contribution >= 4 is 11.9 Å². The summed E-state index contributed by atoms with van der Waals surface area (Å²) in [6.45, 7) is -0.428. The molecule has 0 bridgehead atoms. The molecule has 7 heteroatoms. The zero-order chi connectivity index (χ0) is 11.0. The molecule has 0 saturated carbocycles. The smallest absolute Gasteiger partial charge is 0.337 e. The molecule has 0 radical (unpaired) electrons. The minimum absolute atomic E-state index is 0.136. The molecular weight excluding hydrogens is 204 g/mol. The van der Waals surface area contributed by atoms with Crippen LogP contribution in [-0.2, 0) is 6.61 Å². The lowest BCUT2D eigenvalue weighted by atomic mass is 10.1. The Kier molecular flexibility index (Phi) is 2.18. The summed E-state index contributed by atoms with van der Waals surface area (Å²) in [6, 6.07) is 0.384. The molecule has 15 heavy (non-hydrogen) atoms. The van der Waals surface area contributed by atoms with Gasteiger partial charge in [0.25, 0.3) is 0 Å². The van der Waals surface area contributed by atoms with E-state index in [0.717, 1.165) is 6.07 Å². The van der Waals surface area contributed by atoms with Crippen LogP contribution in [0.3, 0.4) is 0 Å². The number of aliphatic hydroxyl groups excluding tert-OH is 2. The second kappa shape index (κ2) is 3.37. The van der Waals surface area contributed by atoms with Gasteiger partial charge in [-0.15, -0.1) is 0 Å². The maximum absolute atomic E-state index is 11.0. The summed E-state index contributed by atoms with van der Waals surface area (Å²) in [5, 5.41) is 22.8. The molecule has 0 fully saturated rings. The zero-order valence-electron chi connectivity index (χ0n) is 7.48. The second-order valence-electron chi connectivity index (χ2n) is 2.99. The summed E-state index contributed by atoms with van der Waals surface area (Å²) >= 11 is 0. The van der Waals surface area contributed by atoms with Crippen LogP contribution in [0, 0.1) is 0 Å². The molecule has 1 aliphatic heterocycles. The molecule has 0 spiro atoms. The van der Waals surface area contributed by atoms with Crippen LogP contribution in [0.4, 0.5) is 10.7 Å². The summed E-state index contributed by atoms with van der Waals surface area (Å²) in [6.07, 6.45) is -1.29. The highest BCUT2D eigenvalue weighted by Gasteiger charge is 2.27. The Hall–Kier alpha value is -1.86. The molecule has 2 rings (SSSR count). The van der Waals surface area contributed by atoms with Gasteiger partial charge in [0.05, 0.1) is 12.2 Å². The maximum atomic E-state index is 11.0. The van der Waals surface area contributed by atoms with Gasteiger partial charge in [-0.3, -0.25) is 5.32 Å². The lowest BCUT2D eigenvalue weighted by Gasteiger charge is -2.23. The summed E-state index contributed by atoms with van der Waals surface area (Å²) in [5.74, 6) is -0.136. The zero-order valence-corrected chi connectivity index (χ0v) is 7.48. The fraction of sp³-hybridized carbons (Fsp3) is 0.250. The van der Waals surface area contributed by atoms with E-state index >= 15 is 0 Å². The van der Waals surface area contributed by atoms with Gasteiger partial charge in [-0.25, -0.2) is 9.59 Å². The van der Waals surface area contributed by atoms with Crippen LogP contribution in [0.15, 0.2) is 15.3 Å². The van der Waals surface area contributed by atoms with Crippen LogP contribution in [0.5, 0.6) is 0 Å². The molecule has 7 nitrogen and oxygen atoms in total. The van der Waals surface area contributed by atoms with E-state index in [1.54, 1.807) is 0 Å². The van der Waals surface area contributed by atoms with Gasteiger partial charge in [-0.05, 0) is 5.56 Å². The van der Waals surface area contributed by atoms with Crippen LogP contribution in [0.25, 0.3) is 0 Å². The van der Waals surface area contributed by atoms with E-state index in [1.807, 2.05) is 0 Å². The predicted molar refractivity (Wildman–Crippen MR) is 48.0 cm³/mol. The molecule has 0 aliphatic carbocycles. The van der Waals surface area contributed by atoms with Gasteiger partial charge in [-0.2, -0.15) is 0 Å². The number of nitrogens with one attached hydrogen (secondary N) is 2. The highest BCUT2D eigenvalue weighted by atomic mass is 16.4. The Labute approximate surface area is 83.3 Å². The molecule has 2 heterocycles.